The van der Waals surface area contributed by atoms with Gasteiger partial charge in [0.15, 0.2) is 0 Å². The molecule has 4 aromatic rings. The topological polar surface area (TPSA) is 86.0 Å². The van der Waals surface area contributed by atoms with Crippen molar-refractivity contribution in [3.8, 4) is 5.69 Å². The Morgan fingerprint density at radius 2 is 1.77 bits per heavy atom. The largest absolute Gasteiger partial charge is 0.350 e. The molecule has 0 fully saturated rings. The zero-order chi connectivity index (χ0) is 21.1. The second-order valence-electron chi connectivity index (χ2n) is 6.62. The Labute approximate surface area is 170 Å². The van der Waals surface area contributed by atoms with E-state index in [1.807, 2.05) is 6.07 Å². The third kappa shape index (κ3) is 3.62. The van der Waals surface area contributed by atoms with E-state index in [2.05, 4.69) is 10.3 Å². The molecule has 1 N–H and O–H groups in total. The number of carbonyl (C=O) groups is 1. The van der Waals surface area contributed by atoms with Crippen molar-refractivity contribution >= 4 is 16.8 Å². The standard InChI is InChI=1S/C22H17FN4O3/c23-17-8-2-4-10-19(17)27-21(29)16-7-1-3-9-18(16)26(22(27)30)14-20(28)25-13-15-6-5-11-24-12-15/h1-12H,13-14H2,(H,25,28). The maximum absolute atomic E-state index is 14.3. The fraction of sp³-hybridized carbons (Fsp3) is 0.0909. The molecule has 0 saturated carbocycles. The molecule has 0 bridgehead atoms. The van der Waals surface area contributed by atoms with Gasteiger partial charge in [-0.3, -0.25) is 19.1 Å². The van der Waals surface area contributed by atoms with Crippen LogP contribution in [0.4, 0.5) is 4.39 Å². The van der Waals surface area contributed by atoms with Gasteiger partial charge < -0.3 is 5.32 Å². The highest BCUT2D eigenvalue weighted by Gasteiger charge is 2.18. The number of fused-ring (bicyclic) bond motifs is 1. The highest BCUT2D eigenvalue weighted by atomic mass is 19.1. The second-order valence-corrected chi connectivity index (χ2v) is 6.62. The Bertz CT molecular complexity index is 1350. The van der Waals surface area contributed by atoms with Crippen LogP contribution in [0, 0.1) is 5.82 Å². The van der Waals surface area contributed by atoms with Gasteiger partial charge in [-0.05, 0) is 35.9 Å². The monoisotopic (exact) mass is 404 g/mol. The van der Waals surface area contributed by atoms with E-state index in [1.165, 1.54) is 28.8 Å². The quantitative estimate of drug-likeness (QED) is 0.551. The Morgan fingerprint density at radius 3 is 2.53 bits per heavy atom. The molecule has 30 heavy (non-hydrogen) atoms. The number of halogens is 1. The number of benzene rings is 2. The summed E-state index contributed by atoms with van der Waals surface area (Å²) in [7, 11) is 0. The van der Waals surface area contributed by atoms with Gasteiger partial charge in [0.25, 0.3) is 5.56 Å². The van der Waals surface area contributed by atoms with Crippen molar-refractivity contribution in [2.75, 3.05) is 0 Å². The fourth-order valence-electron chi connectivity index (χ4n) is 3.22. The first-order valence-corrected chi connectivity index (χ1v) is 9.21. The van der Waals surface area contributed by atoms with Crippen molar-refractivity contribution in [1.29, 1.82) is 0 Å². The Balaban J connectivity index is 1.78. The van der Waals surface area contributed by atoms with Gasteiger partial charge in [-0.1, -0.05) is 30.3 Å². The number of para-hydroxylation sites is 2. The van der Waals surface area contributed by atoms with Crippen molar-refractivity contribution in [2.45, 2.75) is 13.1 Å². The number of aromatic nitrogens is 3. The maximum atomic E-state index is 14.3. The van der Waals surface area contributed by atoms with Crippen molar-refractivity contribution in [1.82, 2.24) is 19.4 Å². The van der Waals surface area contributed by atoms with E-state index in [9.17, 15) is 18.8 Å². The van der Waals surface area contributed by atoms with Gasteiger partial charge in [0.2, 0.25) is 5.91 Å². The van der Waals surface area contributed by atoms with Gasteiger partial charge in [-0.25, -0.2) is 13.8 Å². The average molecular weight is 404 g/mol. The number of amides is 1. The van der Waals surface area contributed by atoms with E-state index in [0.29, 0.717) is 5.52 Å². The van der Waals surface area contributed by atoms with Crippen molar-refractivity contribution in [3.05, 3.63) is 105 Å². The smallest absolute Gasteiger partial charge is 0.336 e. The molecule has 0 saturated heterocycles. The maximum Gasteiger partial charge on any atom is 0.336 e. The second kappa shape index (κ2) is 8.12. The highest BCUT2D eigenvalue weighted by molar-refractivity contribution is 5.81. The number of nitrogens with zero attached hydrogens (tertiary/aromatic N) is 3. The molecule has 7 nitrogen and oxygen atoms in total. The molecule has 0 unspecified atom stereocenters. The first-order chi connectivity index (χ1) is 14.6. The van der Waals surface area contributed by atoms with E-state index >= 15 is 0 Å². The summed E-state index contributed by atoms with van der Waals surface area (Å²) in [5.41, 5.74) is -0.494. The van der Waals surface area contributed by atoms with Gasteiger partial charge in [-0.2, -0.15) is 0 Å². The van der Waals surface area contributed by atoms with Crippen molar-refractivity contribution in [2.24, 2.45) is 0 Å². The van der Waals surface area contributed by atoms with Crippen LogP contribution in [0.25, 0.3) is 16.6 Å². The molecule has 0 atom stereocenters. The molecule has 2 aromatic carbocycles. The number of pyridine rings is 1. The third-order valence-electron chi connectivity index (χ3n) is 4.66. The summed E-state index contributed by atoms with van der Waals surface area (Å²) in [5.74, 6) is -1.13. The number of hydrogen-bond donors (Lipinski definition) is 1. The molecule has 1 amide bonds. The highest BCUT2D eigenvalue weighted by Crippen LogP contribution is 2.12. The normalized spacial score (nSPS) is 10.8. The minimum Gasteiger partial charge on any atom is -0.350 e. The van der Waals surface area contributed by atoms with Crippen LogP contribution < -0.4 is 16.6 Å². The van der Waals surface area contributed by atoms with Crippen molar-refractivity contribution in [3.63, 3.8) is 0 Å². The van der Waals surface area contributed by atoms with Gasteiger partial charge in [0, 0.05) is 18.9 Å². The predicted molar refractivity (Wildman–Crippen MR) is 110 cm³/mol. The van der Waals surface area contributed by atoms with E-state index in [-0.39, 0.29) is 24.2 Å². The molecule has 0 spiro atoms. The first kappa shape index (κ1) is 19.3. The molecule has 0 aliphatic heterocycles. The minimum absolute atomic E-state index is 0.164. The number of rotatable bonds is 5. The number of carbonyl (C=O) groups excluding carboxylic acids is 1. The number of nitrogens with one attached hydrogen (secondary N) is 1. The van der Waals surface area contributed by atoms with Crippen LogP contribution in [0.2, 0.25) is 0 Å². The van der Waals surface area contributed by atoms with Crippen LogP contribution in [0.1, 0.15) is 5.56 Å². The van der Waals surface area contributed by atoms with Crippen molar-refractivity contribution < 1.29 is 9.18 Å². The van der Waals surface area contributed by atoms with E-state index in [0.717, 1.165) is 10.1 Å². The SMILES string of the molecule is O=C(Cn1c(=O)n(-c2ccccc2F)c(=O)c2ccccc21)NCc1cccnc1. The van der Waals surface area contributed by atoms with Gasteiger partial charge >= 0.3 is 5.69 Å². The summed E-state index contributed by atoms with van der Waals surface area (Å²) >= 11 is 0. The minimum atomic E-state index is -0.791. The Morgan fingerprint density at radius 1 is 1.00 bits per heavy atom. The zero-order valence-electron chi connectivity index (χ0n) is 15.8. The molecule has 150 valence electrons. The van der Waals surface area contributed by atoms with Crippen LogP contribution in [0.5, 0.6) is 0 Å². The molecule has 8 heteroatoms. The Hall–Kier alpha value is -4.07. The lowest BCUT2D eigenvalue weighted by molar-refractivity contribution is -0.121. The summed E-state index contributed by atoms with van der Waals surface area (Å²) in [6.45, 7) is -0.0827. The Kier molecular flexibility index (Phi) is 5.21. The lowest BCUT2D eigenvalue weighted by Crippen LogP contribution is -2.42. The summed E-state index contributed by atoms with van der Waals surface area (Å²) in [6.07, 6.45) is 3.25. The summed E-state index contributed by atoms with van der Waals surface area (Å²) in [6, 6.07) is 15.5. The molecule has 0 aliphatic rings. The molecular weight excluding hydrogens is 387 g/mol. The summed E-state index contributed by atoms with van der Waals surface area (Å²) in [4.78, 5) is 42.6. The third-order valence-corrected chi connectivity index (χ3v) is 4.66. The molecule has 0 aliphatic carbocycles. The fourth-order valence-corrected chi connectivity index (χ4v) is 3.22. The van der Waals surface area contributed by atoms with Crippen LogP contribution in [-0.2, 0) is 17.9 Å². The molecule has 0 radical (unpaired) electrons. The van der Waals surface area contributed by atoms with E-state index < -0.39 is 23.0 Å². The molecule has 4 rings (SSSR count). The lowest BCUT2D eigenvalue weighted by atomic mass is 10.2. The van der Waals surface area contributed by atoms with Gasteiger partial charge in [0.1, 0.15) is 12.4 Å². The zero-order valence-corrected chi connectivity index (χ0v) is 15.8. The van der Waals surface area contributed by atoms with Gasteiger partial charge in [0.05, 0.1) is 16.6 Å². The first-order valence-electron chi connectivity index (χ1n) is 9.21. The van der Waals surface area contributed by atoms with E-state index in [1.54, 1.807) is 42.7 Å². The molecular formula is C22H17FN4O3. The molecule has 2 aromatic heterocycles. The average Bonchev–Trinajstić information content (AvgIpc) is 2.77. The van der Waals surface area contributed by atoms with Crippen LogP contribution in [0.15, 0.2) is 82.6 Å². The predicted octanol–water partition coefficient (Wildman–Crippen LogP) is 2.00. The van der Waals surface area contributed by atoms with Crippen LogP contribution in [0.3, 0.4) is 0 Å². The van der Waals surface area contributed by atoms with E-state index in [4.69, 9.17) is 0 Å². The lowest BCUT2D eigenvalue weighted by Gasteiger charge is -2.14. The summed E-state index contributed by atoms with van der Waals surface area (Å²) < 4.78 is 16.3. The molecule has 2 heterocycles. The van der Waals surface area contributed by atoms with Crippen LogP contribution >= 0.6 is 0 Å². The summed E-state index contributed by atoms with van der Waals surface area (Å²) in [5, 5.41) is 2.93. The van der Waals surface area contributed by atoms with Crippen LogP contribution in [-0.4, -0.2) is 20.0 Å². The number of hydrogen-bond acceptors (Lipinski definition) is 4. The van der Waals surface area contributed by atoms with Gasteiger partial charge in [-0.15, -0.1) is 0 Å².